The Morgan fingerprint density at radius 2 is 1.83 bits per heavy atom. The Hall–Kier alpha value is -2.69. The van der Waals surface area contributed by atoms with Crippen LogP contribution >= 0.6 is 0 Å². The van der Waals surface area contributed by atoms with E-state index in [1.165, 1.54) is 0 Å². The second kappa shape index (κ2) is 4.44. The molecule has 0 unspecified atom stereocenters. The summed E-state index contributed by atoms with van der Waals surface area (Å²) in [5.74, 6) is -0.958. The first kappa shape index (κ1) is 14.9. The Labute approximate surface area is 138 Å². The first-order chi connectivity index (χ1) is 11.2. The standard InChI is InChI=1S/C19H17NO4/c1-9-5-6-11-10(2)8-19(3,4)20-16(11)14(9)17-15(18(20)23)12(21)7-13(22)24-17/h5-6,8H,7H2,1-4H3. The van der Waals surface area contributed by atoms with Crippen LogP contribution in [0.1, 0.15) is 48.7 Å². The number of aryl methyl sites for hydroxylation is 1. The van der Waals surface area contributed by atoms with Gasteiger partial charge in [-0.1, -0.05) is 18.2 Å². The number of rotatable bonds is 0. The molecule has 0 N–H and O–H groups in total. The molecule has 2 aliphatic heterocycles. The summed E-state index contributed by atoms with van der Waals surface area (Å²) in [5, 5.41) is 0.670. The van der Waals surface area contributed by atoms with Crippen molar-refractivity contribution in [3.63, 3.8) is 0 Å². The number of allylic oxidation sites excluding steroid dienone is 2. The first-order valence-corrected chi connectivity index (χ1v) is 7.89. The van der Waals surface area contributed by atoms with Crippen molar-refractivity contribution in [1.29, 1.82) is 0 Å². The zero-order valence-corrected chi connectivity index (χ0v) is 14.0. The highest BCUT2D eigenvalue weighted by Gasteiger charge is 2.37. The maximum Gasteiger partial charge on any atom is 0.319 e. The minimum Gasteiger partial charge on any atom is -0.424 e. The molecular formula is C19H17NO4. The van der Waals surface area contributed by atoms with Gasteiger partial charge in [-0.3, -0.25) is 19.0 Å². The summed E-state index contributed by atoms with van der Waals surface area (Å²) in [6.45, 7) is 7.76. The van der Waals surface area contributed by atoms with E-state index in [4.69, 9.17) is 4.74 Å². The number of carbonyl (C=O) groups excluding carboxylic acids is 2. The fourth-order valence-corrected chi connectivity index (χ4v) is 3.90. The van der Waals surface area contributed by atoms with Crippen molar-refractivity contribution in [3.05, 3.63) is 45.3 Å². The number of fused-ring (bicyclic) bond motifs is 2. The number of hydrogen-bond acceptors (Lipinski definition) is 4. The maximum absolute atomic E-state index is 13.1. The number of pyridine rings is 1. The van der Waals surface area contributed by atoms with Gasteiger partial charge in [0.15, 0.2) is 11.5 Å². The van der Waals surface area contributed by atoms with E-state index >= 15 is 0 Å². The van der Waals surface area contributed by atoms with Crippen molar-refractivity contribution in [1.82, 2.24) is 4.57 Å². The molecule has 0 saturated heterocycles. The minimum atomic E-state index is -0.612. The molecule has 3 heterocycles. The summed E-state index contributed by atoms with van der Waals surface area (Å²) < 4.78 is 7.03. The third kappa shape index (κ3) is 1.72. The molecule has 2 aromatic rings. The molecule has 5 heteroatoms. The molecule has 1 aromatic heterocycles. The summed E-state index contributed by atoms with van der Waals surface area (Å²) in [5.41, 5.74) is 2.59. The lowest BCUT2D eigenvalue weighted by Crippen LogP contribution is -2.41. The van der Waals surface area contributed by atoms with Crippen LogP contribution in [0.5, 0.6) is 5.75 Å². The van der Waals surface area contributed by atoms with Crippen molar-refractivity contribution in [2.75, 3.05) is 0 Å². The summed E-state index contributed by atoms with van der Waals surface area (Å²) in [6.07, 6.45) is 1.64. The summed E-state index contributed by atoms with van der Waals surface area (Å²) in [4.78, 5) is 37.3. The van der Waals surface area contributed by atoms with Gasteiger partial charge in [-0.05, 0) is 38.8 Å². The van der Waals surface area contributed by atoms with Gasteiger partial charge in [0.05, 0.1) is 11.1 Å². The lowest BCUT2D eigenvalue weighted by molar-refractivity contribution is -0.133. The number of ether oxygens (including phenoxy) is 1. The maximum atomic E-state index is 13.1. The van der Waals surface area contributed by atoms with Crippen LogP contribution in [-0.2, 0) is 10.3 Å². The quantitative estimate of drug-likeness (QED) is 0.552. The van der Waals surface area contributed by atoms with Crippen molar-refractivity contribution in [2.45, 2.75) is 39.7 Å². The molecule has 0 bridgehead atoms. The van der Waals surface area contributed by atoms with Gasteiger partial charge in [-0.2, -0.15) is 0 Å². The molecule has 1 aromatic carbocycles. The smallest absolute Gasteiger partial charge is 0.319 e. The van der Waals surface area contributed by atoms with Crippen molar-refractivity contribution >= 4 is 28.2 Å². The Morgan fingerprint density at radius 1 is 1.12 bits per heavy atom. The van der Waals surface area contributed by atoms with Gasteiger partial charge < -0.3 is 4.74 Å². The number of aromatic nitrogens is 1. The molecule has 24 heavy (non-hydrogen) atoms. The molecular weight excluding hydrogens is 306 g/mol. The van der Waals surface area contributed by atoms with Crippen molar-refractivity contribution in [3.8, 4) is 5.75 Å². The second-order valence-electron chi connectivity index (χ2n) is 7.05. The Kier molecular flexibility index (Phi) is 2.75. The highest BCUT2D eigenvalue weighted by Crippen LogP contribution is 2.42. The van der Waals surface area contributed by atoms with Crippen molar-refractivity contribution in [2.24, 2.45) is 0 Å². The monoisotopic (exact) mass is 323 g/mol. The third-order valence-corrected chi connectivity index (χ3v) is 4.85. The molecule has 0 amide bonds. The minimum absolute atomic E-state index is 0.0108. The zero-order valence-electron chi connectivity index (χ0n) is 14.0. The highest BCUT2D eigenvalue weighted by atomic mass is 16.5. The molecule has 2 aliphatic rings. The van der Waals surface area contributed by atoms with E-state index in [2.05, 4.69) is 0 Å². The lowest BCUT2D eigenvalue weighted by atomic mass is 9.87. The number of Topliss-reactive ketones (excluding diaryl/α,β-unsaturated/α-hetero) is 1. The molecule has 0 aliphatic carbocycles. The number of nitrogens with zero attached hydrogens (tertiary/aromatic N) is 1. The molecule has 0 spiro atoms. The first-order valence-electron chi connectivity index (χ1n) is 7.89. The number of carbonyl (C=O) groups is 2. The van der Waals surface area contributed by atoms with Crippen LogP contribution in [0.3, 0.4) is 0 Å². The van der Waals surface area contributed by atoms with E-state index in [1.807, 2.05) is 45.9 Å². The van der Waals surface area contributed by atoms with E-state index in [-0.39, 0.29) is 17.7 Å². The fraction of sp³-hybridized carbons (Fsp3) is 0.316. The Bertz CT molecular complexity index is 1050. The van der Waals surface area contributed by atoms with Crippen LogP contribution in [0.2, 0.25) is 0 Å². The van der Waals surface area contributed by atoms with Crippen LogP contribution in [0.15, 0.2) is 23.0 Å². The zero-order chi connectivity index (χ0) is 17.4. The Morgan fingerprint density at radius 3 is 2.54 bits per heavy atom. The molecule has 122 valence electrons. The Balaban J connectivity index is 2.33. The van der Waals surface area contributed by atoms with Crippen LogP contribution in [-0.4, -0.2) is 16.3 Å². The molecule has 0 fully saturated rings. The van der Waals surface area contributed by atoms with Crippen LogP contribution in [0.25, 0.3) is 16.5 Å². The summed E-state index contributed by atoms with van der Waals surface area (Å²) in [7, 11) is 0. The normalized spacial score (nSPS) is 18.2. The number of ketones is 1. The average Bonchev–Trinajstić information content (AvgIpc) is 2.44. The number of esters is 1. The van der Waals surface area contributed by atoms with E-state index in [9.17, 15) is 14.4 Å². The molecule has 4 rings (SSSR count). The number of hydrogen-bond donors (Lipinski definition) is 0. The van der Waals surface area contributed by atoms with Crippen LogP contribution in [0, 0.1) is 6.92 Å². The predicted octanol–water partition coefficient (Wildman–Crippen LogP) is 2.95. The third-order valence-electron chi connectivity index (χ3n) is 4.85. The van der Waals surface area contributed by atoms with Crippen molar-refractivity contribution < 1.29 is 14.3 Å². The topological polar surface area (TPSA) is 65.4 Å². The van der Waals surface area contributed by atoms with E-state index in [1.54, 1.807) is 4.57 Å². The van der Waals surface area contributed by atoms with Crippen LogP contribution < -0.4 is 10.3 Å². The van der Waals surface area contributed by atoms with E-state index in [0.717, 1.165) is 22.2 Å². The van der Waals surface area contributed by atoms with Gasteiger partial charge in [0.1, 0.15) is 12.0 Å². The van der Waals surface area contributed by atoms with Gasteiger partial charge in [-0.15, -0.1) is 0 Å². The average molecular weight is 323 g/mol. The largest absolute Gasteiger partial charge is 0.424 e. The lowest BCUT2D eigenvalue weighted by Gasteiger charge is -2.34. The van der Waals surface area contributed by atoms with Gasteiger partial charge in [0, 0.05) is 10.9 Å². The molecule has 0 radical (unpaired) electrons. The molecule has 5 nitrogen and oxygen atoms in total. The molecule has 0 saturated carbocycles. The van der Waals surface area contributed by atoms with Gasteiger partial charge in [0.2, 0.25) is 0 Å². The number of benzene rings is 1. The second-order valence-corrected chi connectivity index (χ2v) is 7.05. The molecule has 0 atom stereocenters. The van der Waals surface area contributed by atoms with Gasteiger partial charge in [-0.25, -0.2) is 0 Å². The summed E-state index contributed by atoms with van der Waals surface area (Å²) in [6, 6.07) is 3.89. The van der Waals surface area contributed by atoms with E-state index < -0.39 is 22.9 Å². The van der Waals surface area contributed by atoms with Gasteiger partial charge in [0.25, 0.3) is 5.56 Å². The summed E-state index contributed by atoms with van der Waals surface area (Å²) >= 11 is 0. The highest BCUT2D eigenvalue weighted by molar-refractivity contribution is 6.15. The predicted molar refractivity (Wildman–Crippen MR) is 90.5 cm³/mol. The van der Waals surface area contributed by atoms with E-state index in [0.29, 0.717) is 5.39 Å². The SMILES string of the molecule is CC1=CC(C)(C)n2c(=O)c3c(c4c(C)ccc1c42)OC(=O)CC3=O. The van der Waals surface area contributed by atoms with Crippen LogP contribution in [0.4, 0.5) is 0 Å². The van der Waals surface area contributed by atoms with Gasteiger partial charge >= 0.3 is 5.97 Å². The fourth-order valence-electron chi connectivity index (χ4n) is 3.90.